The Kier molecular flexibility index (Phi) is 5.21. The number of benzene rings is 1. The summed E-state index contributed by atoms with van der Waals surface area (Å²) in [6.45, 7) is 6.58. The Labute approximate surface area is 111 Å². The first-order valence-corrected chi connectivity index (χ1v) is 7.34. The lowest BCUT2D eigenvalue weighted by Gasteiger charge is -2.30. The molecule has 1 fully saturated rings. The van der Waals surface area contributed by atoms with Crippen molar-refractivity contribution in [3.63, 3.8) is 0 Å². The minimum Gasteiger partial charge on any atom is -0.330 e. The van der Waals surface area contributed by atoms with Crippen LogP contribution in [0.5, 0.6) is 0 Å². The number of piperidine rings is 1. The van der Waals surface area contributed by atoms with Crippen molar-refractivity contribution in [1.29, 1.82) is 0 Å². The smallest absolute Gasteiger partial charge is 0.00888 e. The van der Waals surface area contributed by atoms with Crippen LogP contribution < -0.4 is 5.73 Å². The Morgan fingerprint density at radius 2 is 1.78 bits per heavy atom. The molecule has 1 saturated heterocycles. The van der Waals surface area contributed by atoms with Crippen LogP contribution in [0.3, 0.4) is 0 Å². The number of aryl methyl sites for hydroxylation is 1. The molecule has 0 radical (unpaired) electrons. The second kappa shape index (κ2) is 6.91. The van der Waals surface area contributed by atoms with E-state index in [2.05, 4.69) is 36.1 Å². The minimum absolute atomic E-state index is 0.494. The Bertz CT molecular complexity index is 339. The third kappa shape index (κ3) is 3.56. The minimum atomic E-state index is 0.494. The van der Waals surface area contributed by atoms with Gasteiger partial charge < -0.3 is 10.6 Å². The Balaban J connectivity index is 1.97. The highest BCUT2D eigenvalue weighted by atomic mass is 15.1. The van der Waals surface area contributed by atoms with Crippen molar-refractivity contribution in [3.8, 4) is 0 Å². The molecule has 0 aromatic heterocycles. The third-order valence-electron chi connectivity index (χ3n) is 4.07. The summed E-state index contributed by atoms with van der Waals surface area (Å²) in [5.41, 5.74) is 8.78. The van der Waals surface area contributed by atoms with Crippen molar-refractivity contribution >= 4 is 0 Å². The SMILES string of the molecule is CCc1ccc(C(CN)CN2CCCCC2)cc1. The quantitative estimate of drug-likeness (QED) is 0.865. The highest BCUT2D eigenvalue weighted by Gasteiger charge is 2.16. The van der Waals surface area contributed by atoms with Gasteiger partial charge in [-0.25, -0.2) is 0 Å². The van der Waals surface area contributed by atoms with Gasteiger partial charge in [0.1, 0.15) is 0 Å². The van der Waals surface area contributed by atoms with Gasteiger partial charge in [-0.15, -0.1) is 0 Å². The standard InChI is InChI=1S/C16H26N2/c1-2-14-6-8-15(9-7-14)16(12-17)13-18-10-4-3-5-11-18/h6-9,16H,2-5,10-13,17H2,1H3. The fraction of sp³-hybridized carbons (Fsp3) is 0.625. The van der Waals surface area contributed by atoms with Gasteiger partial charge in [-0.2, -0.15) is 0 Å². The van der Waals surface area contributed by atoms with E-state index in [1.807, 2.05) is 0 Å². The maximum absolute atomic E-state index is 5.97. The van der Waals surface area contributed by atoms with Crippen molar-refractivity contribution in [1.82, 2.24) is 4.90 Å². The van der Waals surface area contributed by atoms with Gasteiger partial charge in [0.2, 0.25) is 0 Å². The van der Waals surface area contributed by atoms with Crippen molar-refractivity contribution in [2.75, 3.05) is 26.2 Å². The van der Waals surface area contributed by atoms with Gasteiger partial charge in [-0.05, 0) is 43.5 Å². The molecule has 0 aliphatic carbocycles. The van der Waals surface area contributed by atoms with E-state index >= 15 is 0 Å². The summed E-state index contributed by atoms with van der Waals surface area (Å²) in [5, 5.41) is 0. The van der Waals surface area contributed by atoms with Crippen LogP contribution in [0.1, 0.15) is 43.2 Å². The molecule has 2 rings (SSSR count). The largest absolute Gasteiger partial charge is 0.330 e. The molecule has 1 atom stereocenters. The van der Waals surface area contributed by atoms with Gasteiger partial charge >= 0.3 is 0 Å². The molecular weight excluding hydrogens is 220 g/mol. The monoisotopic (exact) mass is 246 g/mol. The molecule has 1 aromatic rings. The third-order valence-corrected chi connectivity index (χ3v) is 4.07. The van der Waals surface area contributed by atoms with E-state index in [0.29, 0.717) is 5.92 Å². The van der Waals surface area contributed by atoms with Crippen molar-refractivity contribution in [3.05, 3.63) is 35.4 Å². The van der Waals surface area contributed by atoms with Crippen molar-refractivity contribution in [2.45, 2.75) is 38.5 Å². The molecule has 2 heteroatoms. The lowest BCUT2D eigenvalue weighted by Crippen LogP contribution is -2.35. The van der Waals surface area contributed by atoms with E-state index in [4.69, 9.17) is 5.73 Å². The zero-order valence-corrected chi connectivity index (χ0v) is 11.6. The van der Waals surface area contributed by atoms with Crippen LogP contribution in [0.4, 0.5) is 0 Å². The Morgan fingerprint density at radius 1 is 1.11 bits per heavy atom. The molecule has 1 heterocycles. The molecule has 0 amide bonds. The zero-order valence-electron chi connectivity index (χ0n) is 11.6. The molecule has 18 heavy (non-hydrogen) atoms. The van der Waals surface area contributed by atoms with Crippen LogP contribution in [0, 0.1) is 0 Å². The van der Waals surface area contributed by atoms with Crippen LogP contribution in [0.15, 0.2) is 24.3 Å². The molecule has 1 aliphatic rings. The molecular formula is C16H26N2. The van der Waals surface area contributed by atoms with Gasteiger partial charge in [-0.3, -0.25) is 0 Å². The predicted molar refractivity (Wildman–Crippen MR) is 77.9 cm³/mol. The van der Waals surface area contributed by atoms with Crippen LogP contribution in [0.25, 0.3) is 0 Å². The molecule has 1 unspecified atom stereocenters. The van der Waals surface area contributed by atoms with E-state index in [0.717, 1.165) is 19.5 Å². The maximum Gasteiger partial charge on any atom is 0.00888 e. The topological polar surface area (TPSA) is 29.3 Å². The van der Waals surface area contributed by atoms with E-state index in [1.165, 1.54) is 43.5 Å². The van der Waals surface area contributed by atoms with Crippen LogP contribution in [0.2, 0.25) is 0 Å². The number of hydrogen-bond acceptors (Lipinski definition) is 2. The summed E-state index contributed by atoms with van der Waals surface area (Å²) < 4.78 is 0. The van der Waals surface area contributed by atoms with Crippen LogP contribution >= 0.6 is 0 Å². The van der Waals surface area contributed by atoms with Crippen LogP contribution in [-0.2, 0) is 6.42 Å². The molecule has 0 spiro atoms. The lowest BCUT2D eigenvalue weighted by molar-refractivity contribution is 0.216. The molecule has 1 aliphatic heterocycles. The summed E-state index contributed by atoms with van der Waals surface area (Å²) >= 11 is 0. The summed E-state index contributed by atoms with van der Waals surface area (Å²) in [5.74, 6) is 0.494. The summed E-state index contributed by atoms with van der Waals surface area (Å²) in [6.07, 6.45) is 5.22. The average molecular weight is 246 g/mol. The highest BCUT2D eigenvalue weighted by molar-refractivity contribution is 5.26. The first-order valence-electron chi connectivity index (χ1n) is 7.34. The average Bonchev–Trinajstić information content (AvgIpc) is 2.46. The summed E-state index contributed by atoms with van der Waals surface area (Å²) in [4.78, 5) is 2.58. The van der Waals surface area contributed by atoms with Crippen molar-refractivity contribution in [2.24, 2.45) is 5.73 Å². The van der Waals surface area contributed by atoms with Gasteiger partial charge in [-0.1, -0.05) is 37.6 Å². The normalized spacial score (nSPS) is 18.8. The number of hydrogen-bond donors (Lipinski definition) is 1. The fourth-order valence-electron chi connectivity index (χ4n) is 2.80. The summed E-state index contributed by atoms with van der Waals surface area (Å²) in [7, 11) is 0. The Hall–Kier alpha value is -0.860. The second-order valence-corrected chi connectivity index (χ2v) is 5.39. The lowest BCUT2D eigenvalue weighted by atomic mass is 9.96. The number of likely N-dealkylation sites (tertiary alicyclic amines) is 1. The Morgan fingerprint density at radius 3 is 2.33 bits per heavy atom. The van der Waals surface area contributed by atoms with E-state index < -0.39 is 0 Å². The van der Waals surface area contributed by atoms with Gasteiger partial charge in [0.15, 0.2) is 0 Å². The van der Waals surface area contributed by atoms with E-state index in [-0.39, 0.29) is 0 Å². The van der Waals surface area contributed by atoms with Crippen molar-refractivity contribution < 1.29 is 0 Å². The zero-order chi connectivity index (χ0) is 12.8. The number of nitrogens with two attached hydrogens (primary N) is 1. The molecule has 2 N–H and O–H groups in total. The predicted octanol–water partition coefficient (Wildman–Crippen LogP) is 2.78. The van der Waals surface area contributed by atoms with Gasteiger partial charge in [0, 0.05) is 19.0 Å². The maximum atomic E-state index is 5.97. The van der Waals surface area contributed by atoms with E-state index in [1.54, 1.807) is 0 Å². The molecule has 100 valence electrons. The summed E-state index contributed by atoms with van der Waals surface area (Å²) in [6, 6.07) is 9.02. The molecule has 0 saturated carbocycles. The molecule has 2 nitrogen and oxygen atoms in total. The first-order chi connectivity index (χ1) is 8.83. The second-order valence-electron chi connectivity index (χ2n) is 5.39. The number of nitrogens with zero attached hydrogens (tertiary/aromatic N) is 1. The first kappa shape index (κ1) is 13.6. The fourth-order valence-corrected chi connectivity index (χ4v) is 2.80. The van der Waals surface area contributed by atoms with E-state index in [9.17, 15) is 0 Å². The van der Waals surface area contributed by atoms with Crippen LogP contribution in [-0.4, -0.2) is 31.1 Å². The van der Waals surface area contributed by atoms with Gasteiger partial charge in [0.05, 0.1) is 0 Å². The molecule has 0 bridgehead atoms. The van der Waals surface area contributed by atoms with Gasteiger partial charge in [0.25, 0.3) is 0 Å². The number of rotatable bonds is 5. The highest BCUT2D eigenvalue weighted by Crippen LogP contribution is 2.19. The molecule has 1 aromatic carbocycles.